The number of halogens is 1. The van der Waals surface area contributed by atoms with Gasteiger partial charge in [-0.2, -0.15) is 0 Å². The maximum atomic E-state index is 12.8. The van der Waals surface area contributed by atoms with Crippen LogP contribution in [0.25, 0.3) is 6.08 Å². The average molecular weight is 485 g/mol. The molecule has 6 nitrogen and oxygen atoms in total. The molecule has 0 unspecified atom stereocenters. The second-order valence-electron chi connectivity index (χ2n) is 8.32. The second kappa shape index (κ2) is 10.4. The van der Waals surface area contributed by atoms with Gasteiger partial charge in [-0.15, -0.1) is 0 Å². The van der Waals surface area contributed by atoms with E-state index in [-0.39, 0.29) is 12.5 Å². The van der Waals surface area contributed by atoms with Crippen molar-refractivity contribution in [3.63, 3.8) is 0 Å². The number of rotatable bonds is 6. The van der Waals surface area contributed by atoms with Gasteiger partial charge < -0.3 is 9.64 Å². The Morgan fingerprint density at radius 3 is 2.42 bits per heavy atom. The van der Waals surface area contributed by atoms with Crippen LogP contribution in [0.1, 0.15) is 30.9 Å². The molecule has 4 rings (SSSR count). The maximum Gasteiger partial charge on any atom is 0.294 e. The number of likely N-dealkylation sites (tertiary alicyclic amines) is 1. The van der Waals surface area contributed by atoms with E-state index < -0.39 is 11.1 Å². The third-order valence-electron chi connectivity index (χ3n) is 5.80. The van der Waals surface area contributed by atoms with E-state index in [1.54, 1.807) is 11.0 Å². The van der Waals surface area contributed by atoms with Gasteiger partial charge in [-0.1, -0.05) is 42.8 Å². The SMILES string of the molecule is CC1CCN(C(=O)CN2C(=O)S/C(=C/c3ccc(OCc4ccc(Cl)cc4)cc3)C2=O)CC1. The first-order chi connectivity index (χ1) is 15.9. The van der Waals surface area contributed by atoms with Gasteiger partial charge in [0, 0.05) is 18.1 Å². The number of carbonyl (C=O) groups excluding carboxylic acids is 3. The highest BCUT2D eigenvalue weighted by molar-refractivity contribution is 8.18. The first-order valence-corrected chi connectivity index (χ1v) is 12.1. The Balaban J connectivity index is 1.34. The largest absolute Gasteiger partial charge is 0.489 e. The standard InChI is InChI=1S/C25H25ClN2O4S/c1-17-10-12-27(13-11-17)23(29)15-28-24(30)22(33-25(28)31)14-18-4-8-21(9-5-18)32-16-19-2-6-20(26)7-3-19/h2-9,14,17H,10-13,15-16H2,1H3/b22-14+. The lowest BCUT2D eigenvalue weighted by Gasteiger charge is -2.31. The summed E-state index contributed by atoms with van der Waals surface area (Å²) < 4.78 is 5.78. The molecule has 172 valence electrons. The summed E-state index contributed by atoms with van der Waals surface area (Å²) in [4.78, 5) is 40.8. The summed E-state index contributed by atoms with van der Waals surface area (Å²) in [6.07, 6.45) is 3.57. The fourth-order valence-electron chi connectivity index (χ4n) is 3.69. The van der Waals surface area contributed by atoms with E-state index in [2.05, 4.69) is 6.92 Å². The van der Waals surface area contributed by atoms with Crippen molar-refractivity contribution in [3.05, 3.63) is 69.6 Å². The Labute approximate surface area is 202 Å². The minimum absolute atomic E-state index is 0.173. The quantitative estimate of drug-likeness (QED) is 0.526. The first kappa shape index (κ1) is 23.4. The number of imide groups is 1. The summed E-state index contributed by atoms with van der Waals surface area (Å²) in [5.74, 6) is 0.694. The number of hydrogen-bond acceptors (Lipinski definition) is 5. The number of nitrogens with zero attached hydrogens (tertiary/aromatic N) is 2. The third-order valence-corrected chi connectivity index (χ3v) is 6.96. The van der Waals surface area contributed by atoms with Gasteiger partial charge in [0.05, 0.1) is 4.91 Å². The molecule has 0 atom stereocenters. The molecular weight excluding hydrogens is 460 g/mol. The molecule has 2 heterocycles. The molecule has 2 aliphatic heterocycles. The number of ether oxygens (including phenoxy) is 1. The molecule has 0 saturated carbocycles. The molecule has 33 heavy (non-hydrogen) atoms. The molecule has 2 fully saturated rings. The van der Waals surface area contributed by atoms with Crippen molar-refractivity contribution in [2.75, 3.05) is 19.6 Å². The highest BCUT2D eigenvalue weighted by atomic mass is 35.5. The van der Waals surface area contributed by atoms with Crippen LogP contribution in [-0.4, -0.2) is 46.5 Å². The lowest BCUT2D eigenvalue weighted by atomic mass is 9.99. The lowest BCUT2D eigenvalue weighted by Crippen LogP contribution is -2.45. The molecular formula is C25H25ClN2O4S. The Hall–Kier alpha value is -2.77. The average Bonchev–Trinajstić information content (AvgIpc) is 3.07. The fraction of sp³-hybridized carbons (Fsp3) is 0.320. The molecule has 8 heteroatoms. The van der Waals surface area contributed by atoms with E-state index in [9.17, 15) is 14.4 Å². The zero-order valence-electron chi connectivity index (χ0n) is 18.3. The van der Waals surface area contributed by atoms with Gasteiger partial charge >= 0.3 is 0 Å². The topological polar surface area (TPSA) is 66.9 Å². The van der Waals surface area contributed by atoms with Gasteiger partial charge in [0.1, 0.15) is 18.9 Å². The summed E-state index contributed by atoms with van der Waals surface area (Å²) >= 11 is 6.76. The Morgan fingerprint density at radius 1 is 1.09 bits per heavy atom. The van der Waals surface area contributed by atoms with E-state index in [1.807, 2.05) is 48.5 Å². The van der Waals surface area contributed by atoms with Crippen LogP contribution in [0.5, 0.6) is 5.75 Å². The van der Waals surface area contributed by atoms with E-state index >= 15 is 0 Å². The van der Waals surface area contributed by atoms with Crippen molar-refractivity contribution >= 4 is 46.5 Å². The van der Waals surface area contributed by atoms with Gasteiger partial charge in [0.15, 0.2) is 0 Å². The second-order valence-corrected chi connectivity index (χ2v) is 9.74. The van der Waals surface area contributed by atoms with Crippen molar-refractivity contribution < 1.29 is 19.1 Å². The van der Waals surface area contributed by atoms with Crippen molar-refractivity contribution in [2.45, 2.75) is 26.4 Å². The third kappa shape index (κ3) is 5.97. The zero-order valence-corrected chi connectivity index (χ0v) is 19.9. The number of amides is 3. The normalized spacial score (nSPS) is 18.3. The number of benzene rings is 2. The van der Waals surface area contributed by atoms with Crippen LogP contribution in [-0.2, 0) is 16.2 Å². The number of thioether (sulfide) groups is 1. The molecule has 3 amide bonds. The van der Waals surface area contributed by atoms with E-state index in [0.717, 1.165) is 40.6 Å². The van der Waals surface area contributed by atoms with E-state index in [0.29, 0.717) is 41.3 Å². The zero-order chi connectivity index (χ0) is 23.4. The lowest BCUT2D eigenvalue weighted by molar-refractivity contribution is -0.136. The monoisotopic (exact) mass is 484 g/mol. The van der Waals surface area contributed by atoms with Crippen LogP contribution in [0.4, 0.5) is 4.79 Å². The molecule has 0 radical (unpaired) electrons. The molecule has 0 N–H and O–H groups in total. The Kier molecular flexibility index (Phi) is 7.40. The van der Waals surface area contributed by atoms with Gasteiger partial charge in [-0.3, -0.25) is 19.3 Å². The van der Waals surface area contributed by atoms with E-state index in [4.69, 9.17) is 16.3 Å². The highest BCUT2D eigenvalue weighted by Crippen LogP contribution is 2.32. The first-order valence-electron chi connectivity index (χ1n) is 10.9. The van der Waals surface area contributed by atoms with E-state index in [1.165, 1.54) is 0 Å². The van der Waals surface area contributed by atoms with Crippen molar-refractivity contribution in [3.8, 4) is 5.75 Å². The molecule has 2 aromatic rings. The van der Waals surface area contributed by atoms with Crippen LogP contribution >= 0.6 is 23.4 Å². The van der Waals surface area contributed by atoms with Gasteiger partial charge in [-0.05, 0) is 72.0 Å². The predicted octanol–water partition coefficient (Wildman–Crippen LogP) is 5.21. The smallest absolute Gasteiger partial charge is 0.294 e. The van der Waals surface area contributed by atoms with Crippen LogP contribution in [0, 0.1) is 5.92 Å². The van der Waals surface area contributed by atoms with Crippen molar-refractivity contribution in [1.82, 2.24) is 9.80 Å². The summed E-state index contributed by atoms with van der Waals surface area (Å²) in [7, 11) is 0. The van der Waals surface area contributed by atoms with Crippen LogP contribution < -0.4 is 4.74 Å². The number of piperidine rings is 1. The van der Waals surface area contributed by atoms with Gasteiger partial charge in [-0.25, -0.2) is 0 Å². The number of hydrogen-bond donors (Lipinski definition) is 0. The van der Waals surface area contributed by atoms with Crippen LogP contribution in [0.2, 0.25) is 5.02 Å². The summed E-state index contributed by atoms with van der Waals surface area (Å²) in [5, 5.41) is 0.269. The Morgan fingerprint density at radius 2 is 1.76 bits per heavy atom. The molecule has 0 spiro atoms. The minimum atomic E-state index is -0.424. The molecule has 0 bridgehead atoms. The molecule has 0 aliphatic carbocycles. The molecule has 2 aromatic carbocycles. The molecule has 2 saturated heterocycles. The summed E-state index contributed by atoms with van der Waals surface area (Å²) in [6, 6.07) is 14.7. The van der Waals surface area contributed by atoms with Gasteiger partial charge in [0.25, 0.3) is 11.1 Å². The molecule has 0 aromatic heterocycles. The highest BCUT2D eigenvalue weighted by Gasteiger charge is 2.37. The van der Waals surface area contributed by atoms with Crippen LogP contribution in [0.15, 0.2) is 53.4 Å². The summed E-state index contributed by atoms with van der Waals surface area (Å²) in [6.45, 7) is 3.74. The molecule has 2 aliphatic rings. The van der Waals surface area contributed by atoms with Gasteiger partial charge in [0.2, 0.25) is 5.91 Å². The van der Waals surface area contributed by atoms with Crippen LogP contribution in [0.3, 0.4) is 0 Å². The fourth-order valence-corrected chi connectivity index (χ4v) is 4.65. The minimum Gasteiger partial charge on any atom is -0.489 e. The maximum absolute atomic E-state index is 12.8. The Bertz CT molecular complexity index is 1060. The van der Waals surface area contributed by atoms with Crippen molar-refractivity contribution in [1.29, 1.82) is 0 Å². The number of carbonyl (C=O) groups is 3. The predicted molar refractivity (Wildman–Crippen MR) is 130 cm³/mol. The summed E-state index contributed by atoms with van der Waals surface area (Å²) in [5.41, 5.74) is 1.78. The van der Waals surface area contributed by atoms with Crippen molar-refractivity contribution in [2.24, 2.45) is 5.92 Å².